The number of hydrogen-bond donors (Lipinski definition) is 0. The first kappa shape index (κ1) is 12.1. The minimum absolute atomic E-state index is 0.109. The van der Waals surface area contributed by atoms with Crippen molar-refractivity contribution in [1.29, 1.82) is 0 Å². The monoisotopic (exact) mass is 348 g/mol. The third-order valence-corrected chi connectivity index (χ3v) is 7.61. The molecule has 1 heterocycles. The highest BCUT2D eigenvalue weighted by atomic mass is 79.9. The third-order valence-electron chi connectivity index (χ3n) is 3.09. The van der Waals surface area contributed by atoms with Gasteiger partial charge in [-0.25, -0.2) is 0 Å². The zero-order chi connectivity index (χ0) is 10.7. The fourth-order valence-corrected chi connectivity index (χ4v) is 7.51. The first-order valence-corrected chi connectivity index (χ1v) is 9.22. The van der Waals surface area contributed by atoms with E-state index in [1.807, 2.05) is 0 Å². The maximum atomic E-state index is 3.65. The van der Waals surface area contributed by atoms with E-state index in [2.05, 4.69) is 62.2 Å². The zero-order valence-corrected chi connectivity index (χ0v) is 12.6. The van der Waals surface area contributed by atoms with Crippen molar-refractivity contribution in [1.82, 2.24) is 0 Å². The maximum Gasteiger partial charge on any atom is 0.00662 e. The zero-order valence-electron chi connectivity index (χ0n) is 8.57. The van der Waals surface area contributed by atoms with Gasteiger partial charge in [-0.2, -0.15) is 0 Å². The van der Waals surface area contributed by atoms with E-state index in [4.69, 9.17) is 0 Å². The van der Waals surface area contributed by atoms with Crippen molar-refractivity contribution < 1.29 is 0 Å². The first-order valence-electron chi connectivity index (χ1n) is 5.27. The van der Waals surface area contributed by atoms with Crippen molar-refractivity contribution in [2.45, 2.75) is 0 Å². The van der Waals surface area contributed by atoms with Crippen molar-refractivity contribution in [3.05, 3.63) is 30.3 Å². The Labute approximate surface area is 110 Å². The quantitative estimate of drug-likeness (QED) is 0.574. The predicted molar refractivity (Wildman–Crippen MR) is 77.3 cm³/mol. The van der Waals surface area contributed by atoms with Crippen LogP contribution in [0.15, 0.2) is 30.3 Å². The predicted octanol–water partition coefficient (Wildman–Crippen LogP) is 3.83. The third kappa shape index (κ3) is 2.84. The molecule has 0 saturated carbocycles. The van der Waals surface area contributed by atoms with Gasteiger partial charge >= 0.3 is 0 Å². The molecule has 1 saturated heterocycles. The van der Waals surface area contributed by atoms with Crippen LogP contribution in [-0.4, -0.2) is 23.0 Å². The van der Waals surface area contributed by atoms with Crippen molar-refractivity contribution >= 4 is 45.1 Å². The molecular weight excluding hydrogens is 335 g/mol. The molecule has 1 aromatic rings. The molecule has 0 amide bonds. The second-order valence-electron chi connectivity index (χ2n) is 4.07. The Morgan fingerprint density at radius 2 is 1.53 bits per heavy atom. The van der Waals surface area contributed by atoms with Crippen molar-refractivity contribution in [2.75, 3.05) is 23.0 Å². The van der Waals surface area contributed by atoms with Crippen LogP contribution in [0.2, 0.25) is 0 Å². The molecule has 0 aliphatic carbocycles. The summed E-state index contributed by atoms with van der Waals surface area (Å²) in [7, 11) is 0.109. The molecule has 0 bridgehead atoms. The van der Waals surface area contributed by atoms with Crippen LogP contribution in [0, 0.1) is 11.8 Å². The molecule has 15 heavy (non-hydrogen) atoms. The van der Waals surface area contributed by atoms with E-state index in [9.17, 15) is 0 Å². The fourth-order valence-electron chi connectivity index (χ4n) is 2.14. The lowest BCUT2D eigenvalue weighted by atomic mass is 10.0. The van der Waals surface area contributed by atoms with E-state index in [0.29, 0.717) is 0 Å². The van der Waals surface area contributed by atoms with Crippen LogP contribution >= 0.6 is 39.8 Å². The van der Waals surface area contributed by atoms with Gasteiger partial charge in [0.25, 0.3) is 0 Å². The van der Waals surface area contributed by atoms with Crippen molar-refractivity contribution in [3.8, 4) is 0 Å². The smallest absolute Gasteiger partial charge is 0.00662 e. The van der Waals surface area contributed by atoms with Crippen LogP contribution in [0.1, 0.15) is 0 Å². The average Bonchev–Trinajstić information content (AvgIpc) is 2.73. The Balaban J connectivity index is 2.08. The van der Waals surface area contributed by atoms with Gasteiger partial charge in [0.05, 0.1) is 0 Å². The minimum Gasteiger partial charge on any atom is -0.0925 e. The topological polar surface area (TPSA) is 0 Å². The van der Waals surface area contributed by atoms with E-state index in [0.717, 1.165) is 22.5 Å². The van der Waals surface area contributed by atoms with E-state index in [1.165, 1.54) is 12.3 Å². The van der Waals surface area contributed by atoms with Gasteiger partial charge in [-0.3, -0.25) is 0 Å². The molecule has 2 atom stereocenters. The summed E-state index contributed by atoms with van der Waals surface area (Å²) in [6, 6.07) is 11.0. The summed E-state index contributed by atoms with van der Waals surface area (Å²) in [6.07, 6.45) is 2.81. The fraction of sp³-hybridized carbons (Fsp3) is 0.500. The summed E-state index contributed by atoms with van der Waals surface area (Å²) < 4.78 is 0. The molecule has 82 valence electrons. The number of alkyl halides is 2. The van der Waals surface area contributed by atoms with Gasteiger partial charge in [-0.1, -0.05) is 70.1 Å². The molecule has 0 spiro atoms. The summed E-state index contributed by atoms with van der Waals surface area (Å²) in [5.74, 6) is 1.74. The molecule has 1 aliphatic rings. The summed E-state index contributed by atoms with van der Waals surface area (Å²) >= 11 is 7.29. The average molecular weight is 350 g/mol. The van der Waals surface area contributed by atoms with Crippen LogP contribution in [0.3, 0.4) is 0 Å². The Hall–Kier alpha value is 0.610. The Morgan fingerprint density at radius 1 is 1.00 bits per heavy atom. The van der Waals surface area contributed by atoms with E-state index in [1.54, 1.807) is 5.30 Å². The van der Waals surface area contributed by atoms with Crippen molar-refractivity contribution in [3.63, 3.8) is 0 Å². The van der Waals surface area contributed by atoms with Crippen LogP contribution in [0.5, 0.6) is 0 Å². The van der Waals surface area contributed by atoms with Gasteiger partial charge in [0.1, 0.15) is 0 Å². The van der Waals surface area contributed by atoms with Crippen molar-refractivity contribution in [2.24, 2.45) is 11.8 Å². The van der Waals surface area contributed by atoms with Crippen LogP contribution < -0.4 is 5.30 Å². The number of halogens is 2. The SMILES string of the molecule is BrC[C@H]1CP(c2ccccc2)C[C@@H]1CBr. The Morgan fingerprint density at radius 3 is 2.00 bits per heavy atom. The van der Waals surface area contributed by atoms with Gasteiger partial charge in [0.2, 0.25) is 0 Å². The normalized spacial score (nSPS) is 27.1. The molecular formula is C12H15Br2P. The number of rotatable bonds is 3. The first-order chi connectivity index (χ1) is 7.35. The molecule has 1 aromatic carbocycles. The summed E-state index contributed by atoms with van der Waals surface area (Å²) in [5.41, 5.74) is 0. The van der Waals surface area contributed by atoms with Gasteiger partial charge in [0.15, 0.2) is 0 Å². The molecule has 1 fully saturated rings. The maximum absolute atomic E-state index is 3.65. The molecule has 0 nitrogen and oxygen atoms in total. The molecule has 0 N–H and O–H groups in total. The van der Waals surface area contributed by atoms with Gasteiger partial charge < -0.3 is 0 Å². The highest BCUT2D eigenvalue weighted by molar-refractivity contribution is 9.09. The lowest BCUT2D eigenvalue weighted by molar-refractivity contribution is 0.516. The van der Waals surface area contributed by atoms with E-state index < -0.39 is 0 Å². The summed E-state index contributed by atoms with van der Waals surface area (Å²) in [4.78, 5) is 0. The molecule has 3 heteroatoms. The second-order valence-corrected chi connectivity index (χ2v) is 7.69. The molecule has 0 radical (unpaired) electrons. The highest BCUT2D eigenvalue weighted by Crippen LogP contribution is 2.49. The van der Waals surface area contributed by atoms with E-state index >= 15 is 0 Å². The van der Waals surface area contributed by atoms with Gasteiger partial charge in [0, 0.05) is 10.7 Å². The van der Waals surface area contributed by atoms with Gasteiger partial charge in [-0.05, 0) is 29.5 Å². The molecule has 1 aliphatic heterocycles. The Kier molecular flexibility index (Phi) is 4.67. The number of benzene rings is 1. The van der Waals surface area contributed by atoms with E-state index in [-0.39, 0.29) is 7.92 Å². The standard InChI is InChI=1S/C12H15Br2P/c13-6-10-8-15(9-11(10)7-14)12-4-2-1-3-5-12/h1-5,10-11H,6-9H2/t10-,11-/m0/s1. The van der Waals surface area contributed by atoms with Gasteiger partial charge in [-0.15, -0.1) is 0 Å². The Bertz CT molecular complexity index is 290. The lowest BCUT2D eigenvalue weighted by Gasteiger charge is -2.11. The summed E-state index contributed by atoms with van der Waals surface area (Å²) in [6.45, 7) is 0. The van der Waals surface area contributed by atoms with Crippen LogP contribution in [0.25, 0.3) is 0 Å². The molecule has 2 rings (SSSR count). The van der Waals surface area contributed by atoms with Crippen LogP contribution in [-0.2, 0) is 0 Å². The molecule has 0 unspecified atom stereocenters. The molecule has 0 aromatic heterocycles. The second kappa shape index (κ2) is 5.80. The number of hydrogen-bond acceptors (Lipinski definition) is 0. The van der Waals surface area contributed by atoms with Crippen LogP contribution in [0.4, 0.5) is 0 Å². The lowest BCUT2D eigenvalue weighted by Crippen LogP contribution is -2.14. The highest BCUT2D eigenvalue weighted by Gasteiger charge is 2.32. The summed E-state index contributed by atoms with van der Waals surface area (Å²) in [5, 5.41) is 3.91. The largest absolute Gasteiger partial charge is 0.0925 e. The minimum atomic E-state index is 0.109.